The first-order valence-corrected chi connectivity index (χ1v) is 9.82. The highest BCUT2D eigenvalue weighted by atomic mass is 16.3. The summed E-state index contributed by atoms with van der Waals surface area (Å²) in [5.74, 6) is 0.573. The van der Waals surface area contributed by atoms with Crippen LogP contribution in [0.5, 0.6) is 0 Å². The second-order valence-electron chi connectivity index (χ2n) is 7.90. The predicted octanol–water partition coefficient (Wildman–Crippen LogP) is 3.22. The Labute approximate surface area is 151 Å². The van der Waals surface area contributed by atoms with Crippen molar-refractivity contribution in [1.82, 2.24) is 9.80 Å². The van der Waals surface area contributed by atoms with Gasteiger partial charge in [-0.3, -0.25) is 9.69 Å². The number of amides is 1. The van der Waals surface area contributed by atoms with Crippen molar-refractivity contribution in [3.63, 3.8) is 0 Å². The third-order valence-electron chi connectivity index (χ3n) is 6.06. The van der Waals surface area contributed by atoms with Gasteiger partial charge in [-0.1, -0.05) is 30.3 Å². The van der Waals surface area contributed by atoms with Crippen molar-refractivity contribution in [2.75, 3.05) is 19.6 Å². The molecule has 3 unspecified atom stereocenters. The first-order valence-electron chi connectivity index (χ1n) is 9.82. The van der Waals surface area contributed by atoms with E-state index in [-0.39, 0.29) is 12.0 Å². The molecular formula is C21H32N2O2. The van der Waals surface area contributed by atoms with E-state index >= 15 is 0 Å². The van der Waals surface area contributed by atoms with Crippen molar-refractivity contribution in [2.45, 2.75) is 64.1 Å². The van der Waals surface area contributed by atoms with Crippen molar-refractivity contribution in [2.24, 2.45) is 5.92 Å². The van der Waals surface area contributed by atoms with Crippen LogP contribution < -0.4 is 0 Å². The second kappa shape index (κ2) is 8.33. The zero-order valence-corrected chi connectivity index (χ0v) is 15.6. The number of rotatable bonds is 4. The lowest BCUT2D eigenvalue weighted by atomic mass is 9.87. The van der Waals surface area contributed by atoms with Crippen molar-refractivity contribution in [3.8, 4) is 0 Å². The number of hydrogen-bond donors (Lipinski definition) is 1. The van der Waals surface area contributed by atoms with Crippen LogP contribution >= 0.6 is 0 Å². The number of carbonyl (C=O) groups excluding carboxylic acids is 1. The molecule has 0 saturated carbocycles. The largest absolute Gasteiger partial charge is 0.388 e. The Morgan fingerprint density at radius 2 is 1.68 bits per heavy atom. The SMILES string of the molecule is CC1CCCC(C)N1C(=O)CN1CCC(C(O)c2ccccc2)CC1. The highest BCUT2D eigenvalue weighted by molar-refractivity contribution is 5.79. The summed E-state index contributed by atoms with van der Waals surface area (Å²) >= 11 is 0. The minimum atomic E-state index is -0.388. The van der Waals surface area contributed by atoms with Crippen LogP contribution in [0, 0.1) is 5.92 Å². The van der Waals surface area contributed by atoms with E-state index in [2.05, 4.69) is 23.6 Å². The standard InChI is InChI=1S/C21H32N2O2/c1-16-7-6-8-17(2)23(16)20(24)15-22-13-11-19(12-14-22)21(25)18-9-4-3-5-10-18/h3-5,9-10,16-17,19,21,25H,6-8,11-15H2,1-2H3. The number of likely N-dealkylation sites (tertiary alicyclic amines) is 2. The summed E-state index contributed by atoms with van der Waals surface area (Å²) in [5, 5.41) is 10.6. The molecule has 0 aromatic heterocycles. The minimum Gasteiger partial charge on any atom is -0.388 e. The van der Waals surface area contributed by atoms with Crippen LogP contribution in [0.2, 0.25) is 0 Å². The second-order valence-corrected chi connectivity index (χ2v) is 7.90. The Hall–Kier alpha value is -1.39. The van der Waals surface area contributed by atoms with Crippen LogP contribution in [0.4, 0.5) is 0 Å². The zero-order chi connectivity index (χ0) is 17.8. The first kappa shape index (κ1) is 18.4. The molecule has 1 N–H and O–H groups in total. The molecule has 3 atom stereocenters. The van der Waals surface area contributed by atoms with Crippen LogP contribution in [-0.2, 0) is 4.79 Å². The lowest BCUT2D eigenvalue weighted by molar-refractivity contribution is -0.139. The third-order valence-corrected chi connectivity index (χ3v) is 6.06. The Morgan fingerprint density at radius 1 is 1.08 bits per heavy atom. The summed E-state index contributed by atoms with van der Waals surface area (Å²) in [4.78, 5) is 17.1. The summed E-state index contributed by atoms with van der Waals surface area (Å²) < 4.78 is 0. The molecule has 4 nitrogen and oxygen atoms in total. The van der Waals surface area contributed by atoms with E-state index < -0.39 is 0 Å². The zero-order valence-electron chi connectivity index (χ0n) is 15.6. The van der Waals surface area contributed by atoms with E-state index in [1.54, 1.807) is 0 Å². The Morgan fingerprint density at radius 3 is 2.28 bits per heavy atom. The molecule has 1 amide bonds. The predicted molar refractivity (Wildman–Crippen MR) is 100 cm³/mol. The highest BCUT2D eigenvalue weighted by Gasteiger charge is 2.32. The van der Waals surface area contributed by atoms with Gasteiger partial charge in [0.2, 0.25) is 5.91 Å². The van der Waals surface area contributed by atoms with E-state index in [1.165, 1.54) is 6.42 Å². The molecular weight excluding hydrogens is 312 g/mol. The maximum absolute atomic E-state index is 12.8. The van der Waals surface area contributed by atoms with Gasteiger partial charge < -0.3 is 10.0 Å². The molecule has 0 radical (unpaired) electrons. The van der Waals surface area contributed by atoms with Crippen LogP contribution in [0.1, 0.15) is 57.6 Å². The molecule has 0 bridgehead atoms. The monoisotopic (exact) mass is 344 g/mol. The van der Waals surface area contributed by atoms with Crippen LogP contribution in [0.15, 0.2) is 30.3 Å². The summed E-state index contributed by atoms with van der Waals surface area (Å²) in [6, 6.07) is 10.7. The molecule has 2 saturated heterocycles. The number of carbonyl (C=O) groups is 1. The van der Waals surface area contributed by atoms with Crippen LogP contribution in [-0.4, -0.2) is 52.5 Å². The Balaban J connectivity index is 1.50. The number of benzene rings is 1. The number of nitrogens with zero attached hydrogens (tertiary/aromatic N) is 2. The average molecular weight is 344 g/mol. The average Bonchev–Trinajstić information content (AvgIpc) is 2.62. The molecule has 1 aromatic rings. The van der Waals surface area contributed by atoms with Gasteiger partial charge in [-0.2, -0.15) is 0 Å². The maximum atomic E-state index is 12.8. The molecule has 1 aromatic carbocycles. The third kappa shape index (κ3) is 4.42. The van der Waals surface area contributed by atoms with Crippen molar-refractivity contribution in [3.05, 3.63) is 35.9 Å². The number of hydrogen-bond acceptors (Lipinski definition) is 3. The molecule has 0 spiro atoms. The molecule has 2 heterocycles. The van der Waals surface area contributed by atoms with E-state index in [1.807, 2.05) is 30.3 Å². The molecule has 2 aliphatic heterocycles. The van der Waals surface area contributed by atoms with Crippen molar-refractivity contribution < 1.29 is 9.90 Å². The van der Waals surface area contributed by atoms with E-state index in [9.17, 15) is 9.90 Å². The quantitative estimate of drug-likeness (QED) is 0.912. The number of aliphatic hydroxyl groups is 1. The van der Waals surface area contributed by atoms with Gasteiger partial charge in [0, 0.05) is 12.1 Å². The van der Waals surface area contributed by atoms with Gasteiger partial charge in [0.05, 0.1) is 12.6 Å². The molecule has 138 valence electrons. The van der Waals surface area contributed by atoms with Gasteiger partial charge in [0.1, 0.15) is 0 Å². The van der Waals surface area contributed by atoms with Gasteiger partial charge in [-0.05, 0) is 70.5 Å². The topological polar surface area (TPSA) is 43.8 Å². The smallest absolute Gasteiger partial charge is 0.237 e. The fourth-order valence-electron chi connectivity index (χ4n) is 4.53. The summed E-state index contributed by atoms with van der Waals surface area (Å²) in [7, 11) is 0. The minimum absolute atomic E-state index is 0.279. The fourth-order valence-corrected chi connectivity index (χ4v) is 4.53. The van der Waals surface area contributed by atoms with Crippen LogP contribution in [0.25, 0.3) is 0 Å². The van der Waals surface area contributed by atoms with E-state index in [4.69, 9.17) is 0 Å². The normalized spacial score (nSPS) is 27.2. The summed E-state index contributed by atoms with van der Waals surface area (Å²) in [6.45, 7) is 6.68. The molecule has 4 heteroatoms. The van der Waals surface area contributed by atoms with E-state index in [0.29, 0.717) is 24.5 Å². The first-order chi connectivity index (χ1) is 12.1. The highest BCUT2D eigenvalue weighted by Crippen LogP contribution is 2.31. The molecule has 25 heavy (non-hydrogen) atoms. The van der Waals surface area contributed by atoms with Crippen molar-refractivity contribution >= 4 is 5.91 Å². The maximum Gasteiger partial charge on any atom is 0.237 e. The Bertz CT molecular complexity index is 544. The van der Waals surface area contributed by atoms with Gasteiger partial charge >= 0.3 is 0 Å². The fraction of sp³-hybridized carbons (Fsp3) is 0.667. The molecule has 3 rings (SSSR count). The van der Waals surface area contributed by atoms with Crippen LogP contribution in [0.3, 0.4) is 0 Å². The number of aliphatic hydroxyl groups excluding tert-OH is 1. The molecule has 2 aliphatic rings. The molecule has 0 aliphatic carbocycles. The summed E-state index contributed by atoms with van der Waals surface area (Å²) in [5.41, 5.74) is 1.01. The Kier molecular flexibility index (Phi) is 6.13. The lowest BCUT2D eigenvalue weighted by Crippen LogP contribution is -2.52. The number of piperidine rings is 2. The van der Waals surface area contributed by atoms with Gasteiger partial charge in [0.15, 0.2) is 0 Å². The van der Waals surface area contributed by atoms with Crippen molar-refractivity contribution in [1.29, 1.82) is 0 Å². The van der Waals surface area contributed by atoms with Gasteiger partial charge in [-0.25, -0.2) is 0 Å². The van der Waals surface area contributed by atoms with Gasteiger partial charge in [-0.15, -0.1) is 0 Å². The molecule has 2 fully saturated rings. The van der Waals surface area contributed by atoms with E-state index in [0.717, 1.165) is 44.3 Å². The lowest BCUT2D eigenvalue weighted by Gasteiger charge is -2.41. The van der Waals surface area contributed by atoms with Gasteiger partial charge in [0.25, 0.3) is 0 Å². The summed E-state index contributed by atoms with van der Waals surface area (Å²) in [6.07, 6.45) is 5.00.